The lowest BCUT2D eigenvalue weighted by Crippen LogP contribution is -2.45. The number of likely N-dealkylation sites (tertiary alicyclic amines) is 1. The second-order valence-corrected chi connectivity index (χ2v) is 7.49. The summed E-state index contributed by atoms with van der Waals surface area (Å²) in [4.78, 5) is 2.67. The van der Waals surface area contributed by atoms with E-state index >= 15 is 0 Å². The lowest BCUT2D eigenvalue weighted by Gasteiger charge is -2.30. The number of hydrogen-bond acceptors (Lipinski definition) is 3. The summed E-state index contributed by atoms with van der Waals surface area (Å²) in [7, 11) is 0. The summed E-state index contributed by atoms with van der Waals surface area (Å²) < 4.78 is 0. The molecule has 0 bridgehead atoms. The average Bonchev–Trinajstić information content (AvgIpc) is 2.67. The number of hydrogen-bond donors (Lipinski definition) is 1. The van der Waals surface area contributed by atoms with Crippen molar-refractivity contribution >= 4 is 11.8 Å². The normalized spacial score (nSPS) is 33.2. The van der Waals surface area contributed by atoms with Crippen molar-refractivity contribution in [2.75, 3.05) is 37.7 Å². The van der Waals surface area contributed by atoms with Gasteiger partial charge in [-0.1, -0.05) is 20.8 Å². The van der Waals surface area contributed by atoms with Crippen LogP contribution >= 0.6 is 11.8 Å². The van der Waals surface area contributed by atoms with Crippen molar-refractivity contribution < 1.29 is 0 Å². The minimum atomic E-state index is 0.490. The summed E-state index contributed by atoms with van der Waals surface area (Å²) in [5, 5.41) is 3.64. The summed E-state index contributed by atoms with van der Waals surface area (Å²) in [5.74, 6) is 3.49. The number of rotatable bonds is 2. The summed E-state index contributed by atoms with van der Waals surface area (Å²) in [6, 6.07) is 0.734. The van der Waals surface area contributed by atoms with Gasteiger partial charge < -0.3 is 10.2 Å². The van der Waals surface area contributed by atoms with E-state index in [1.807, 2.05) is 0 Å². The Morgan fingerprint density at radius 2 is 2.19 bits per heavy atom. The molecule has 2 heterocycles. The van der Waals surface area contributed by atoms with Gasteiger partial charge in [0.1, 0.15) is 0 Å². The maximum atomic E-state index is 3.64. The first-order valence-corrected chi connectivity index (χ1v) is 7.74. The van der Waals surface area contributed by atoms with Crippen molar-refractivity contribution in [3.8, 4) is 0 Å². The third-order valence-electron chi connectivity index (χ3n) is 3.97. The van der Waals surface area contributed by atoms with Gasteiger partial charge in [-0.05, 0) is 24.3 Å². The van der Waals surface area contributed by atoms with E-state index in [0.717, 1.165) is 12.0 Å². The lowest BCUT2D eigenvalue weighted by molar-refractivity contribution is 0.221. The van der Waals surface area contributed by atoms with Crippen molar-refractivity contribution in [2.24, 2.45) is 11.3 Å². The van der Waals surface area contributed by atoms with E-state index < -0.39 is 0 Å². The topological polar surface area (TPSA) is 15.3 Å². The van der Waals surface area contributed by atoms with E-state index in [9.17, 15) is 0 Å². The number of nitrogens with zero attached hydrogens (tertiary/aromatic N) is 1. The van der Waals surface area contributed by atoms with Crippen LogP contribution in [0, 0.1) is 11.3 Å². The SMILES string of the molecule is CC(C)(C)C1CCN(CC2CSCCN2)C1. The molecule has 2 aliphatic heterocycles. The molecule has 0 aromatic carbocycles. The van der Waals surface area contributed by atoms with E-state index in [2.05, 4.69) is 42.7 Å². The predicted octanol–water partition coefficient (Wildman–Crippen LogP) is 2.06. The van der Waals surface area contributed by atoms with Gasteiger partial charge in [0, 0.05) is 37.2 Å². The standard InChI is InChI=1S/C13H26N2S/c1-13(2,3)11-4-6-15(8-11)9-12-10-16-7-5-14-12/h11-12,14H,4-10H2,1-3H3. The van der Waals surface area contributed by atoms with Gasteiger partial charge in [-0.3, -0.25) is 0 Å². The Bertz CT molecular complexity index is 218. The molecule has 0 spiro atoms. The molecule has 1 N–H and O–H groups in total. The predicted molar refractivity (Wildman–Crippen MR) is 73.1 cm³/mol. The molecular weight excluding hydrogens is 216 g/mol. The molecule has 0 radical (unpaired) electrons. The summed E-state index contributed by atoms with van der Waals surface area (Å²) in [6.07, 6.45) is 1.39. The Kier molecular flexibility index (Phi) is 4.20. The zero-order chi connectivity index (χ0) is 11.6. The molecule has 94 valence electrons. The summed E-state index contributed by atoms with van der Waals surface area (Å²) in [5.41, 5.74) is 0.490. The van der Waals surface area contributed by atoms with E-state index in [4.69, 9.17) is 0 Å². The Morgan fingerprint density at radius 3 is 2.75 bits per heavy atom. The van der Waals surface area contributed by atoms with Crippen LogP contribution in [0.4, 0.5) is 0 Å². The quantitative estimate of drug-likeness (QED) is 0.798. The minimum Gasteiger partial charge on any atom is -0.311 e. The first-order chi connectivity index (χ1) is 7.55. The maximum Gasteiger partial charge on any atom is 0.0285 e. The zero-order valence-corrected chi connectivity index (χ0v) is 11.8. The second-order valence-electron chi connectivity index (χ2n) is 6.34. The Morgan fingerprint density at radius 1 is 1.38 bits per heavy atom. The van der Waals surface area contributed by atoms with Crippen molar-refractivity contribution in [1.82, 2.24) is 10.2 Å². The van der Waals surface area contributed by atoms with Gasteiger partial charge in [0.25, 0.3) is 0 Å². The highest BCUT2D eigenvalue weighted by molar-refractivity contribution is 7.99. The van der Waals surface area contributed by atoms with Gasteiger partial charge >= 0.3 is 0 Å². The third kappa shape index (κ3) is 3.38. The molecule has 2 rings (SSSR count). The molecule has 2 fully saturated rings. The third-order valence-corrected chi connectivity index (χ3v) is 5.11. The Hall–Kier alpha value is 0.270. The van der Waals surface area contributed by atoms with Crippen molar-refractivity contribution in [2.45, 2.75) is 33.2 Å². The van der Waals surface area contributed by atoms with E-state index in [1.165, 1.54) is 44.1 Å². The van der Waals surface area contributed by atoms with E-state index in [0.29, 0.717) is 5.41 Å². The van der Waals surface area contributed by atoms with Gasteiger partial charge in [-0.25, -0.2) is 0 Å². The van der Waals surface area contributed by atoms with Gasteiger partial charge in [0.2, 0.25) is 0 Å². The molecule has 2 atom stereocenters. The summed E-state index contributed by atoms with van der Waals surface area (Å²) >= 11 is 2.10. The largest absolute Gasteiger partial charge is 0.311 e. The lowest BCUT2D eigenvalue weighted by atomic mass is 9.80. The molecule has 0 aromatic rings. The van der Waals surface area contributed by atoms with Crippen molar-refractivity contribution in [3.63, 3.8) is 0 Å². The van der Waals surface area contributed by atoms with Crippen LogP contribution in [0.25, 0.3) is 0 Å². The summed E-state index contributed by atoms with van der Waals surface area (Å²) in [6.45, 7) is 12.2. The second kappa shape index (κ2) is 5.28. The van der Waals surface area contributed by atoms with Crippen LogP contribution in [0.5, 0.6) is 0 Å². The zero-order valence-electron chi connectivity index (χ0n) is 11.0. The molecule has 2 saturated heterocycles. The molecule has 2 aliphatic rings. The van der Waals surface area contributed by atoms with Crippen LogP contribution in [0.1, 0.15) is 27.2 Å². The van der Waals surface area contributed by atoms with Crippen LogP contribution in [0.15, 0.2) is 0 Å². The maximum absolute atomic E-state index is 3.64. The minimum absolute atomic E-state index is 0.490. The molecule has 0 saturated carbocycles. The first-order valence-electron chi connectivity index (χ1n) is 6.59. The molecule has 0 aromatic heterocycles. The van der Waals surface area contributed by atoms with Crippen molar-refractivity contribution in [3.05, 3.63) is 0 Å². The average molecular weight is 242 g/mol. The smallest absolute Gasteiger partial charge is 0.0285 e. The first kappa shape index (κ1) is 12.7. The van der Waals surface area contributed by atoms with Gasteiger partial charge in [0.15, 0.2) is 0 Å². The van der Waals surface area contributed by atoms with Gasteiger partial charge in [-0.15, -0.1) is 0 Å². The van der Waals surface area contributed by atoms with Gasteiger partial charge in [0.05, 0.1) is 0 Å². The molecule has 0 amide bonds. The highest BCUT2D eigenvalue weighted by Gasteiger charge is 2.32. The van der Waals surface area contributed by atoms with Crippen LogP contribution in [0.3, 0.4) is 0 Å². The van der Waals surface area contributed by atoms with E-state index in [1.54, 1.807) is 0 Å². The molecule has 16 heavy (non-hydrogen) atoms. The van der Waals surface area contributed by atoms with E-state index in [-0.39, 0.29) is 0 Å². The van der Waals surface area contributed by atoms with Crippen LogP contribution < -0.4 is 5.32 Å². The highest BCUT2D eigenvalue weighted by Crippen LogP contribution is 2.33. The molecule has 0 aliphatic carbocycles. The number of thioether (sulfide) groups is 1. The Balaban J connectivity index is 1.76. The van der Waals surface area contributed by atoms with Gasteiger partial charge in [-0.2, -0.15) is 11.8 Å². The van der Waals surface area contributed by atoms with Crippen LogP contribution in [-0.4, -0.2) is 48.6 Å². The fraction of sp³-hybridized carbons (Fsp3) is 1.00. The van der Waals surface area contributed by atoms with Crippen molar-refractivity contribution in [1.29, 1.82) is 0 Å². The van der Waals surface area contributed by atoms with Crippen LogP contribution in [-0.2, 0) is 0 Å². The molecule has 2 unspecified atom stereocenters. The molecule has 3 heteroatoms. The highest BCUT2D eigenvalue weighted by atomic mass is 32.2. The fourth-order valence-corrected chi connectivity index (χ4v) is 3.69. The fourth-order valence-electron chi connectivity index (χ4n) is 2.75. The monoisotopic (exact) mass is 242 g/mol. The Labute approximate surface area is 105 Å². The van der Waals surface area contributed by atoms with Crippen LogP contribution in [0.2, 0.25) is 0 Å². The molecule has 2 nitrogen and oxygen atoms in total. The number of nitrogens with one attached hydrogen (secondary N) is 1. The molecular formula is C13H26N2S.